The standard InChI is InChI=1S/C14H14N2OS/c1-10-8-11(2)16-14(13(10)9-15)17-6-5-12-4-3-7-18-12/h3-4,7-8H,5-6H2,1-2H3. The van der Waals surface area contributed by atoms with Gasteiger partial charge in [0, 0.05) is 17.0 Å². The Kier molecular flexibility index (Phi) is 3.96. The molecule has 0 aromatic carbocycles. The van der Waals surface area contributed by atoms with Gasteiger partial charge in [-0.1, -0.05) is 6.07 Å². The van der Waals surface area contributed by atoms with Gasteiger partial charge in [0.1, 0.15) is 11.6 Å². The Morgan fingerprint density at radius 3 is 2.94 bits per heavy atom. The first-order chi connectivity index (χ1) is 8.70. The van der Waals surface area contributed by atoms with E-state index in [1.54, 1.807) is 11.3 Å². The van der Waals surface area contributed by atoms with Gasteiger partial charge in [-0.3, -0.25) is 0 Å². The molecule has 0 atom stereocenters. The lowest BCUT2D eigenvalue weighted by Gasteiger charge is -2.09. The molecule has 0 bridgehead atoms. The molecule has 0 spiro atoms. The molecule has 4 heteroatoms. The summed E-state index contributed by atoms with van der Waals surface area (Å²) in [7, 11) is 0. The summed E-state index contributed by atoms with van der Waals surface area (Å²) in [6.45, 7) is 4.35. The van der Waals surface area contributed by atoms with Gasteiger partial charge < -0.3 is 4.74 Å². The summed E-state index contributed by atoms with van der Waals surface area (Å²) < 4.78 is 5.64. The summed E-state index contributed by atoms with van der Waals surface area (Å²) in [5, 5.41) is 11.2. The van der Waals surface area contributed by atoms with E-state index in [2.05, 4.69) is 17.1 Å². The van der Waals surface area contributed by atoms with Gasteiger partial charge in [-0.15, -0.1) is 11.3 Å². The Morgan fingerprint density at radius 2 is 2.28 bits per heavy atom. The quantitative estimate of drug-likeness (QED) is 0.845. The molecule has 0 N–H and O–H groups in total. The fourth-order valence-electron chi connectivity index (χ4n) is 1.75. The van der Waals surface area contributed by atoms with Gasteiger partial charge >= 0.3 is 0 Å². The van der Waals surface area contributed by atoms with Crippen LogP contribution in [0.3, 0.4) is 0 Å². The first-order valence-electron chi connectivity index (χ1n) is 5.74. The molecule has 92 valence electrons. The number of aryl methyl sites for hydroxylation is 2. The topological polar surface area (TPSA) is 45.9 Å². The molecule has 0 aliphatic rings. The third-order valence-electron chi connectivity index (χ3n) is 2.59. The number of ether oxygens (including phenoxy) is 1. The molecule has 18 heavy (non-hydrogen) atoms. The molecule has 0 saturated heterocycles. The SMILES string of the molecule is Cc1cc(C)c(C#N)c(OCCc2cccs2)n1. The summed E-state index contributed by atoms with van der Waals surface area (Å²) in [6, 6.07) is 8.14. The molecular weight excluding hydrogens is 244 g/mol. The molecule has 0 amide bonds. The van der Waals surface area contributed by atoms with Crippen LogP contribution in [0.15, 0.2) is 23.6 Å². The van der Waals surface area contributed by atoms with Crippen molar-refractivity contribution in [2.75, 3.05) is 6.61 Å². The predicted molar refractivity (Wildman–Crippen MR) is 71.9 cm³/mol. The van der Waals surface area contributed by atoms with Crippen LogP contribution in [-0.2, 0) is 6.42 Å². The van der Waals surface area contributed by atoms with Crippen LogP contribution >= 0.6 is 11.3 Å². The second-order valence-corrected chi connectivity index (χ2v) is 5.08. The Labute approximate surface area is 111 Å². The molecule has 0 aliphatic heterocycles. The van der Waals surface area contributed by atoms with Crippen LogP contribution in [0.4, 0.5) is 0 Å². The zero-order valence-corrected chi connectivity index (χ0v) is 11.3. The number of pyridine rings is 1. The van der Waals surface area contributed by atoms with E-state index in [0.717, 1.165) is 17.7 Å². The van der Waals surface area contributed by atoms with Gasteiger partial charge in [0.25, 0.3) is 0 Å². The second kappa shape index (κ2) is 5.65. The van der Waals surface area contributed by atoms with Gasteiger partial charge in [-0.25, -0.2) is 4.98 Å². The molecule has 0 unspecified atom stereocenters. The van der Waals surface area contributed by atoms with Crippen molar-refractivity contribution in [2.24, 2.45) is 0 Å². The molecule has 2 aromatic rings. The van der Waals surface area contributed by atoms with Crippen LogP contribution in [0.1, 0.15) is 21.7 Å². The number of rotatable bonds is 4. The highest BCUT2D eigenvalue weighted by atomic mass is 32.1. The maximum absolute atomic E-state index is 9.11. The van der Waals surface area contributed by atoms with Crippen LogP contribution in [0, 0.1) is 25.2 Å². The van der Waals surface area contributed by atoms with E-state index in [9.17, 15) is 0 Å². The van der Waals surface area contributed by atoms with E-state index < -0.39 is 0 Å². The lowest BCUT2D eigenvalue weighted by Crippen LogP contribution is -2.05. The predicted octanol–water partition coefficient (Wildman–Crippen LogP) is 3.25. The number of thiophene rings is 1. The highest BCUT2D eigenvalue weighted by Crippen LogP contribution is 2.20. The van der Waals surface area contributed by atoms with E-state index in [-0.39, 0.29) is 0 Å². The monoisotopic (exact) mass is 258 g/mol. The van der Waals surface area contributed by atoms with E-state index >= 15 is 0 Å². The number of nitriles is 1. The van der Waals surface area contributed by atoms with E-state index in [1.807, 2.05) is 31.4 Å². The van der Waals surface area contributed by atoms with Gasteiger partial charge in [0.2, 0.25) is 5.88 Å². The van der Waals surface area contributed by atoms with Crippen molar-refractivity contribution in [1.29, 1.82) is 5.26 Å². The molecule has 0 saturated carbocycles. The zero-order valence-electron chi connectivity index (χ0n) is 10.4. The van der Waals surface area contributed by atoms with Crippen LogP contribution < -0.4 is 4.74 Å². The minimum Gasteiger partial charge on any atom is -0.476 e. The van der Waals surface area contributed by atoms with Gasteiger partial charge in [0.05, 0.1) is 6.61 Å². The first kappa shape index (κ1) is 12.6. The van der Waals surface area contributed by atoms with Crippen molar-refractivity contribution < 1.29 is 4.74 Å². The molecule has 2 rings (SSSR count). The summed E-state index contributed by atoms with van der Waals surface area (Å²) >= 11 is 1.71. The minimum atomic E-state index is 0.451. The summed E-state index contributed by atoms with van der Waals surface area (Å²) in [4.78, 5) is 5.56. The summed E-state index contributed by atoms with van der Waals surface area (Å²) in [5.74, 6) is 0.451. The summed E-state index contributed by atoms with van der Waals surface area (Å²) in [6.07, 6.45) is 0.844. The third kappa shape index (κ3) is 2.88. The largest absolute Gasteiger partial charge is 0.476 e. The van der Waals surface area contributed by atoms with Crippen LogP contribution in [0.2, 0.25) is 0 Å². The normalized spacial score (nSPS) is 10.1. The van der Waals surface area contributed by atoms with E-state index in [1.165, 1.54) is 4.88 Å². The lowest BCUT2D eigenvalue weighted by molar-refractivity contribution is 0.308. The Morgan fingerprint density at radius 1 is 1.44 bits per heavy atom. The number of aromatic nitrogens is 1. The fraction of sp³-hybridized carbons (Fsp3) is 0.286. The highest BCUT2D eigenvalue weighted by molar-refractivity contribution is 7.09. The van der Waals surface area contributed by atoms with Crippen molar-refractivity contribution in [3.8, 4) is 11.9 Å². The molecule has 2 aromatic heterocycles. The highest BCUT2D eigenvalue weighted by Gasteiger charge is 2.09. The third-order valence-corrected chi connectivity index (χ3v) is 3.53. The van der Waals surface area contributed by atoms with Crippen molar-refractivity contribution in [3.05, 3.63) is 45.3 Å². The lowest BCUT2D eigenvalue weighted by atomic mass is 10.1. The van der Waals surface area contributed by atoms with Crippen LogP contribution in [0.5, 0.6) is 5.88 Å². The number of nitrogens with zero attached hydrogens (tertiary/aromatic N) is 2. The minimum absolute atomic E-state index is 0.451. The first-order valence-corrected chi connectivity index (χ1v) is 6.62. The number of hydrogen-bond acceptors (Lipinski definition) is 4. The van der Waals surface area contributed by atoms with Crippen molar-refractivity contribution >= 4 is 11.3 Å². The van der Waals surface area contributed by atoms with Crippen LogP contribution in [-0.4, -0.2) is 11.6 Å². The average molecular weight is 258 g/mol. The molecule has 3 nitrogen and oxygen atoms in total. The smallest absolute Gasteiger partial charge is 0.232 e. The molecule has 0 fully saturated rings. The average Bonchev–Trinajstić information content (AvgIpc) is 2.81. The molecular formula is C14H14N2OS. The number of hydrogen-bond donors (Lipinski definition) is 0. The van der Waals surface area contributed by atoms with E-state index in [0.29, 0.717) is 18.1 Å². The van der Waals surface area contributed by atoms with Crippen LogP contribution in [0.25, 0.3) is 0 Å². The Hall–Kier alpha value is -1.86. The fourth-order valence-corrected chi connectivity index (χ4v) is 2.44. The van der Waals surface area contributed by atoms with Crippen molar-refractivity contribution in [1.82, 2.24) is 4.98 Å². The maximum Gasteiger partial charge on any atom is 0.232 e. The Balaban J connectivity index is 2.07. The molecule has 0 aliphatic carbocycles. The van der Waals surface area contributed by atoms with Gasteiger partial charge in [0.15, 0.2) is 0 Å². The van der Waals surface area contributed by atoms with Gasteiger partial charge in [-0.2, -0.15) is 5.26 Å². The van der Waals surface area contributed by atoms with E-state index in [4.69, 9.17) is 10.00 Å². The molecule has 2 heterocycles. The molecule has 0 radical (unpaired) electrons. The maximum atomic E-state index is 9.11. The second-order valence-electron chi connectivity index (χ2n) is 4.05. The van der Waals surface area contributed by atoms with Crippen molar-refractivity contribution in [2.45, 2.75) is 20.3 Å². The zero-order chi connectivity index (χ0) is 13.0. The van der Waals surface area contributed by atoms with Gasteiger partial charge in [-0.05, 0) is 36.9 Å². The summed E-state index contributed by atoms with van der Waals surface area (Å²) in [5.41, 5.74) is 2.32. The Bertz CT molecular complexity index is 570. The van der Waals surface area contributed by atoms with Crippen molar-refractivity contribution in [3.63, 3.8) is 0 Å².